The third-order valence-corrected chi connectivity index (χ3v) is 4.49. The SMILES string of the molecule is Fc1cc(Cl)ccc1-n1nc(C2CCOCC2)c2ccncc21. The second-order valence-electron chi connectivity index (χ2n) is 5.67. The van der Waals surface area contributed by atoms with E-state index in [2.05, 4.69) is 4.98 Å². The third-order valence-electron chi connectivity index (χ3n) is 4.26. The summed E-state index contributed by atoms with van der Waals surface area (Å²) in [5.41, 5.74) is 2.17. The highest BCUT2D eigenvalue weighted by molar-refractivity contribution is 6.30. The van der Waals surface area contributed by atoms with Crippen molar-refractivity contribution in [1.82, 2.24) is 14.8 Å². The lowest BCUT2D eigenvalue weighted by molar-refractivity contribution is 0.0847. The average molecular weight is 332 g/mol. The summed E-state index contributed by atoms with van der Waals surface area (Å²) in [6.07, 6.45) is 5.32. The van der Waals surface area contributed by atoms with Gasteiger partial charge in [-0.3, -0.25) is 4.98 Å². The number of pyridine rings is 1. The Balaban J connectivity index is 1.90. The Hall–Kier alpha value is -1.98. The van der Waals surface area contributed by atoms with Gasteiger partial charge >= 0.3 is 0 Å². The molecule has 1 saturated heterocycles. The minimum absolute atomic E-state index is 0.324. The molecule has 3 heterocycles. The normalized spacial score (nSPS) is 16.1. The molecule has 6 heteroatoms. The minimum atomic E-state index is -0.399. The van der Waals surface area contributed by atoms with Gasteiger partial charge in [0.1, 0.15) is 11.5 Å². The van der Waals surface area contributed by atoms with E-state index < -0.39 is 5.82 Å². The zero-order valence-electron chi connectivity index (χ0n) is 12.4. The number of aromatic nitrogens is 3. The Labute approximate surface area is 137 Å². The molecule has 4 rings (SSSR count). The fourth-order valence-corrected chi connectivity index (χ4v) is 3.26. The summed E-state index contributed by atoms with van der Waals surface area (Å²) < 4.78 is 21.4. The van der Waals surface area contributed by atoms with E-state index in [0.717, 1.165) is 42.7 Å². The molecule has 0 bridgehead atoms. The van der Waals surface area contributed by atoms with Gasteiger partial charge in [-0.25, -0.2) is 9.07 Å². The maximum Gasteiger partial charge on any atom is 0.150 e. The molecule has 0 aliphatic carbocycles. The van der Waals surface area contributed by atoms with E-state index in [1.165, 1.54) is 6.07 Å². The van der Waals surface area contributed by atoms with Crippen molar-refractivity contribution in [2.75, 3.05) is 13.2 Å². The van der Waals surface area contributed by atoms with Crippen molar-refractivity contribution >= 4 is 22.5 Å². The van der Waals surface area contributed by atoms with Crippen molar-refractivity contribution in [3.63, 3.8) is 0 Å². The van der Waals surface area contributed by atoms with Crippen LogP contribution in [0, 0.1) is 5.82 Å². The standard InChI is InChI=1S/C17H15ClFN3O/c18-12-1-2-15(14(19)9-12)22-16-10-20-6-3-13(16)17(21-22)11-4-7-23-8-5-11/h1-3,6,9-11H,4-5,7-8H2. The van der Waals surface area contributed by atoms with Gasteiger partial charge in [-0.2, -0.15) is 5.10 Å². The Morgan fingerprint density at radius 2 is 2.04 bits per heavy atom. The van der Waals surface area contributed by atoms with E-state index in [1.807, 2.05) is 6.07 Å². The number of fused-ring (bicyclic) bond motifs is 1. The van der Waals surface area contributed by atoms with E-state index in [0.29, 0.717) is 16.6 Å². The average Bonchev–Trinajstić information content (AvgIpc) is 2.95. The van der Waals surface area contributed by atoms with Crippen LogP contribution in [-0.4, -0.2) is 28.0 Å². The number of hydrogen-bond acceptors (Lipinski definition) is 3. The first-order chi connectivity index (χ1) is 11.2. The molecule has 2 aromatic heterocycles. The molecule has 1 aromatic carbocycles. The van der Waals surface area contributed by atoms with Crippen LogP contribution in [0.1, 0.15) is 24.5 Å². The van der Waals surface area contributed by atoms with Gasteiger partial charge in [0.05, 0.1) is 17.4 Å². The molecule has 0 spiro atoms. The molecule has 3 aromatic rings. The molecule has 1 aliphatic heterocycles. The quantitative estimate of drug-likeness (QED) is 0.709. The largest absolute Gasteiger partial charge is 0.381 e. The zero-order valence-corrected chi connectivity index (χ0v) is 13.1. The fourth-order valence-electron chi connectivity index (χ4n) is 3.10. The van der Waals surface area contributed by atoms with Crippen molar-refractivity contribution < 1.29 is 9.13 Å². The minimum Gasteiger partial charge on any atom is -0.381 e. The van der Waals surface area contributed by atoms with Crippen LogP contribution < -0.4 is 0 Å². The molecular weight excluding hydrogens is 317 g/mol. The molecule has 0 N–H and O–H groups in total. The number of halogens is 2. The first kappa shape index (κ1) is 14.6. The van der Waals surface area contributed by atoms with Crippen LogP contribution in [0.2, 0.25) is 5.02 Å². The van der Waals surface area contributed by atoms with Crippen molar-refractivity contribution in [2.45, 2.75) is 18.8 Å². The molecule has 0 saturated carbocycles. The summed E-state index contributed by atoms with van der Waals surface area (Å²) in [4.78, 5) is 4.17. The summed E-state index contributed by atoms with van der Waals surface area (Å²) in [7, 11) is 0. The van der Waals surface area contributed by atoms with Gasteiger partial charge in [0.2, 0.25) is 0 Å². The molecule has 1 fully saturated rings. The highest BCUT2D eigenvalue weighted by Gasteiger charge is 2.23. The van der Waals surface area contributed by atoms with Crippen molar-refractivity contribution in [3.8, 4) is 5.69 Å². The highest BCUT2D eigenvalue weighted by Crippen LogP contribution is 2.33. The maximum atomic E-state index is 14.3. The van der Waals surface area contributed by atoms with Gasteiger partial charge in [-0.15, -0.1) is 0 Å². The molecular formula is C17H15ClFN3O. The van der Waals surface area contributed by atoms with Gasteiger partial charge in [-0.05, 0) is 37.1 Å². The zero-order chi connectivity index (χ0) is 15.8. The van der Waals surface area contributed by atoms with Crippen LogP contribution in [0.25, 0.3) is 16.6 Å². The number of benzene rings is 1. The van der Waals surface area contributed by atoms with Crippen molar-refractivity contribution in [1.29, 1.82) is 0 Å². The lowest BCUT2D eigenvalue weighted by Gasteiger charge is -2.20. The highest BCUT2D eigenvalue weighted by atomic mass is 35.5. The molecule has 0 atom stereocenters. The van der Waals surface area contributed by atoms with Crippen LogP contribution >= 0.6 is 11.6 Å². The lowest BCUT2D eigenvalue weighted by atomic mass is 9.95. The summed E-state index contributed by atoms with van der Waals surface area (Å²) in [5, 5.41) is 6.09. The van der Waals surface area contributed by atoms with Gasteiger partial charge in [0, 0.05) is 35.7 Å². The molecule has 118 valence electrons. The smallest absolute Gasteiger partial charge is 0.150 e. The molecule has 4 nitrogen and oxygen atoms in total. The second kappa shape index (κ2) is 5.91. The second-order valence-corrected chi connectivity index (χ2v) is 6.11. The van der Waals surface area contributed by atoms with E-state index in [9.17, 15) is 4.39 Å². The number of nitrogens with zero attached hydrogens (tertiary/aromatic N) is 3. The lowest BCUT2D eigenvalue weighted by Crippen LogP contribution is -2.15. The molecule has 0 amide bonds. The third kappa shape index (κ3) is 2.60. The van der Waals surface area contributed by atoms with Gasteiger partial charge < -0.3 is 4.74 Å². The van der Waals surface area contributed by atoms with Gasteiger partial charge in [0.25, 0.3) is 0 Å². The van der Waals surface area contributed by atoms with Crippen LogP contribution in [0.15, 0.2) is 36.7 Å². The van der Waals surface area contributed by atoms with Crippen molar-refractivity contribution in [3.05, 3.63) is 53.2 Å². The Morgan fingerprint density at radius 1 is 1.22 bits per heavy atom. The predicted molar refractivity (Wildman–Crippen MR) is 86.6 cm³/mol. The Bertz CT molecular complexity index is 858. The molecule has 23 heavy (non-hydrogen) atoms. The van der Waals surface area contributed by atoms with Crippen LogP contribution in [0.4, 0.5) is 4.39 Å². The summed E-state index contributed by atoms with van der Waals surface area (Å²) in [5.74, 6) is -0.0745. The van der Waals surface area contributed by atoms with E-state index in [4.69, 9.17) is 21.4 Å². The summed E-state index contributed by atoms with van der Waals surface area (Å²) in [6.45, 7) is 1.47. The van der Waals surface area contributed by atoms with Crippen LogP contribution in [-0.2, 0) is 4.74 Å². The van der Waals surface area contributed by atoms with E-state index >= 15 is 0 Å². The number of ether oxygens (including phenoxy) is 1. The van der Waals surface area contributed by atoms with Gasteiger partial charge in [0.15, 0.2) is 0 Å². The Kier molecular flexibility index (Phi) is 3.75. The number of hydrogen-bond donors (Lipinski definition) is 0. The molecule has 0 radical (unpaired) electrons. The summed E-state index contributed by atoms with van der Waals surface area (Å²) >= 11 is 5.85. The monoisotopic (exact) mass is 331 g/mol. The Morgan fingerprint density at radius 3 is 2.83 bits per heavy atom. The van der Waals surface area contributed by atoms with Gasteiger partial charge in [-0.1, -0.05) is 11.6 Å². The van der Waals surface area contributed by atoms with E-state index in [1.54, 1.807) is 29.2 Å². The molecule has 0 unspecified atom stereocenters. The van der Waals surface area contributed by atoms with Crippen molar-refractivity contribution in [2.24, 2.45) is 0 Å². The number of rotatable bonds is 2. The first-order valence-corrected chi connectivity index (χ1v) is 7.97. The van der Waals surface area contributed by atoms with Crippen LogP contribution in [0.5, 0.6) is 0 Å². The van der Waals surface area contributed by atoms with Crippen LogP contribution in [0.3, 0.4) is 0 Å². The summed E-state index contributed by atoms with van der Waals surface area (Å²) in [6, 6.07) is 6.55. The fraction of sp³-hybridized carbons (Fsp3) is 0.294. The van der Waals surface area contributed by atoms with E-state index in [-0.39, 0.29) is 0 Å². The maximum absolute atomic E-state index is 14.3. The molecule has 1 aliphatic rings. The topological polar surface area (TPSA) is 39.9 Å². The predicted octanol–water partition coefficient (Wildman–Crippen LogP) is 4.11. The first-order valence-electron chi connectivity index (χ1n) is 7.60.